The number of nitrogens with zero attached hydrogens (tertiary/aromatic N) is 2. The molecule has 0 aromatic carbocycles. The zero-order chi connectivity index (χ0) is 13.4. The second-order valence-corrected chi connectivity index (χ2v) is 6.56. The summed E-state index contributed by atoms with van der Waals surface area (Å²) in [6, 6.07) is -0.0826. The molecule has 0 radical (unpaired) electrons. The van der Waals surface area contributed by atoms with Crippen LogP contribution in [0.4, 0.5) is 5.13 Å². The van der Waals surface area contributed by atoms with Gasteiger partial charge in [0, 0.05) is 24.2 Å². The zero-order valence-electron chi connectivity index (χ0n) is 11.4. The number of nitrogens with two attached hydrogens (primary N) is 1. The van der Waals surface area contributed by atoms with E-state index in [9.17, 15) is 4.79 Å². The van der Waals surface area contributed by atoms with E-state index in [-0.39, 0.29) is 24.4 Å². The summed E-state index contributed by atoms with van der Waals surface area (Å²) in [5.74, 6) is 1.03. The van der Waals surface area contributed by atoms with E-state index >= 15 is 0 Å². The van der Waals surface area contributed by atoms with Crippen LogP contribution in [0.25, 0.3) is 0 Å². The minimum absolute atomic E-state index is 0. The Morgan fingerprint density at radius 2 is 2.40 bits per heavy atom. The van der Waals surface area contributed by atoms with Crippen LogP contribution < -0.4 is 5.73 Å². The Bertz CT molecular complexity index is 482. The van der Waals surface area contributed by atoms with Gasteiger partial charge in [-0.25, -0.2) is 4.98 Å². The molecule has 2 N–H and O–H groups in total. The van der Waals surface area contributed by atoms with Crippen LogP contribution in [0.15, 0.2) is 6.20 Å². The first-order valence-electron chi connectivity index (χ1n) is 6.71. The molecule has 1 aromatic rings. The number of nitrogen functional groups attached to an aromatic ring is 1. The van der Waals surface area contributed by atoms with Gasteiger partial charge in [0.2, 0.25) is 0 Å². The van der Waals surface area contributed by atoms with E-state index in [4.69, 9.17) is 10.5 Å². The summed E-state index contributed by atoms with van der Waals surface area (Å²) in [5.41, 5.74) is 5.66. The van der Waals surface area contributed by atoms with E-state index in [1.807, 2.05) is 6.20 Å². The van der Waals surface area contributed by atoms with Gasteiger partial charge < -0.3 is 10.5 Å². The molecule has 1 saturated heterocycles. The lowest BCUT2D eigenvalue weighted by Crippen LogP contribution is -2.39. The van der Waals surface area contributed by atoms with E-state index in [1.165, 1.54) is 31.3 Å². The van der Waals surface area contributed by atoms with Crippen molar-refractivity contribution in [3.63, 3.8) is 0 Å². The highest BCUT2D eigenvalue weighted by molar-refractivity contribution is 7.15. The third-order valence-electron chi connectivity index (χ3n) is 4.36. The van der Waals surface area contributed by atoms with Gasteiger partial charge in [-0.05, 0) is 24.7 Å². The molecule has 0 amide bonds. The molecule has 1 aliphatic carbocycles. The lowest BCUT2D eigenvalue weighted by Gasteiger charge is -2.24. The lowest BCUT2D eigenvalue weighted by atomic mass is 9.94. The van der Waals surface area contributed by atoms with Crippen molar-refractivity contribution < 1.29 is 9.53 Å². The van der Waals surface area contributed by atoms with Crippen LogP contribution in [0.2, 0.25) is 0 Å². The van der Waals surface area contributed by atoms with Crippen LogP contribution in [0.5, 0.6) is 0 Å². The van der Waals surface area contributed by atoms with Gasteiger partial charge in [0.1, 0.15) is 6.04 Å². The maximum absolute atomic E-state index is 12.1. The van der Waals surface area contributed by atoms with E-state index in [2.05, 4.69) is 9.88 Å². The topological polar surface area (TPSA) is 68.5 Å². The zero-order valence-corrected chi connectivity index (χ0v) is 13.1. The van der Waals surface area contributed by atoms with Gasteiger partial charge in [0.25, 0.3) is 0 Å². The first-order valence-corrected chi connectivity index (χ1v) is 7.52. The lowest BCUT2D eigenvalue weighted by molar-refractivity contribution is -0.147. The molecule has 20 heavy (non-hydrogen) atoms. The summed E-state index contributed by atoms with van der Waals surface area (Å²) < 4.78 is 5.00. The number of rotatable bonds is 3. The standard InChI is InChI=1S/C13H19N3O2S.ClH/c1-18-12(17)11-10-4-2-3-8(10)6-16(11)7-9-5-15-13(14)19-9;/h5,8,10-11H,2-4,6-7H2,1H3,(H2,14,15);1H. The van der Waals surface area contributed by atoms with Gasteiger partial charge in [-0.2, -0.15) is 0 Å². The SMILES string of the molecule is COC(=O)C1C2CCCC2CN1Cc1cnc(N)s1.Cl. The third kappa shape index (κ3) is 2.77. The van der Waals surface area contributed by atoms with Crippen molar-refractivity contribution in [3.8, 4) is 0 Å². The highest BCUT2D eigenvalue weighted by atomic mass is 35.5. The fourth-order valence-electron chi connectivity index (χ4n) is 3.60. The number of carbonyl (C=O) groups is 1. The molecule has 2 aliphatic rings. The molecule has 0 spiro atoms. The van der Waals surface area contributed by atoms with E-state index in [1.54, 1.807) is 0 Å². The minimum Gasteiger partial charge on any atom is -0.468 e. The predicted octanol–water partition coefficient (Wildman–Crippen LogP) is 1.92. The molecule has 3 atom stereocenters. The number of halogens is 1. The minimum atomic E-state index is -0.0908. The number of carbonyl (C=O) groups excluding carboxylic acids is 1. The van der Waals surface area contributed by atoms with Crippen LogP contribution in [-0.4, -0.2) is 35.5 Å². The van der Waals surface area contributed by atoms with Gasteiger partial charge in [-0.3, -0.25) is 9.69 Å². The molecular formula is C13H20ClN3O2S. The average Bonchev–Trinajstić information content (AvgIpc) is 3.05. The van der Waals surface area contributed by atoms with E-state index in [0.29, 0.717) is 17.0 Å². The number of likely N-dealkylation sites (tertiary alicyclic amines) is 1. The molecule has 0 bridgehead atoms. The number of thiazole rings is 1. The quantitative estimate of drug-likeness (QED) is 0.863. The molecule has 3 unspecified atom stereocenters. The van der Waals surface area contributed by atoms with Gasteiger partial charge in [0.05, 0.1) is 7.11 Å². The molecule has 2 fully saturated rings. The number of hydrogen-bond acceptors (Lipinski definition) is 6. The molecule has 3 rings (SSSR count). The highest BCUT2D eigenvalue weighted by Crippen LogP contribution is 2.43. The Hall–Kier alpha value is -0.850. The Morgan fingerprint density at radius 1 is 1.60 bits per heavy atom. The summed E-state index contributed by atoms with van der Waals surface area (Å²) in [6.07, 6.45) is 5.43. The van der Waals surface area contributed by atoms with Crippen molar-refractivity contribution in [3.05, 3.63) is 11.1 Å². The van der Waals surface area contributed by atoms with Crippen molar-refractivity contribution >= 4 is 34.8 Å². The van der Waals surface area contributed by atoms with E-state index < -0.39 is 0 Å². The second kappa shape index (κ2) is 6.28. The average molecular weight is 318 g/mol. The highest BCUT2D eigenvalue weighted by Gasteiger charge is 2.48. The summed E-state index contributed by atoms with van der Waals surface area (Å²) in [4.78, 5) is 19.5. The van der Waals surface area contributed by atoms with Crippen molar-refractivity contribution in [2.45, 2.75) is 31.8 Å². The Morgan fingerprint density at radius 3 is 3.05 bits per heavy atom. The normalized spacial score (nSPS) is 28.9. The number of anilines is 1. The van der Waals surface area contributed by atoms with Gasteiger partial charge in [0.15, 0.2) is 5.13 Å². The van der Waals surface area contributed by atoms with Gasteiger partial charge in [-0.15, -0.1) is 23.7 Å². The summed E-state index contributed by atoms with van der Waals surface area (Å²) in [6.45, 7) is 1.74. The van der Waals surface area contributed by atoms with Gasteiger partial charge >= 0.3 is 5.97 Å². The Labute approximate surface area is 128 Å². The first kappa shape index (κ1) is 15.5. The summed E-state index contributed by atoms with van der Waals surface area (Å²) in [7, 11) is 1.48. The fraction of sp³-hybridized carbons (Fsp3) is 0.692. The molecule has 112 valence electrons. The molecule has 1 aromatic heterocycles. The Kier molecular flexibility index (Phi) is 4.88. The maximum atomic E-state index is 12.1. The van der Waals surface area contributed by atoms with Crippen LogP contribution in [-0.2, 0) is 16.1 Å². The predicted molar refractivity (Wildman–Crippen MR) is 80.8 cm³/mol. The number of fused-ring (bicyclic) bond motifs is 1. The van der Waals surface area contributed by atoms with E-state index in [0.717, 1.165) is 24.4 Å². The maximum Gasteiger partial charge on any atom is 0.323 e. The largest absolute Gasteiger partial charge is 0.468 e. The molecule has 5 nitrogen and oxygen atoms in total. The Balaban J connectivity index is 0.00000147. The van der Waals surface area contributed by atoms with Crippen molar-refractivity contribution in [2.75, 3.05) is 19.4 Å². The number of methoxy groups -OCH3 is 1. The second-order valence-electron chi connectivity index (χ2n) is 5.42. The van der Waals surface area contributed by atoms with Crippen molar-refractivity contribution in [1.29, 1.82) is 0 Å². The molecule has 1 aliphatic heterocycles. The van der Waals surface area contributed by atoms with Crippen LogP contribution in [0, 0.1) is 11.8 Å². The van der Waals surface area contributed by atoms with Gasteiger partial charge in [-0.1, -0.05) is 6.42 Å². The first-order chi connectivity index (χ1) is 9.19. The number of esters is 1. The number of ether oxygens (including phenoxy) is 1. The molecule has 7 heteroatoms. The fourth-order valence-corrected chi connectivity index (χ4v) is 4.31. The monoisotopic (exact) mass is 317 g/mol. The smallest absolute Gasteiger partial charge is 0.323 e. The van der Waals surface area contributed by atoms with Crippen LogP contribution in [0.1, 0.15) is 24.1 Å². The molecule has 1 saturated carbocycles. The number of aromatic nitrogens is 1. The third-order valence-corrected chi connectivity index (χ3v) is 5.17. The van der Waals surface area contributed by atoms with Crippen LogP contribution >= 0.6 is 23.7 Å². The van der Waals surface area contributed by atoms with Crippen molar-refractivity contribution in [2.24, 2.45) is 11.8 Å². The number of hydrogen-bond donors (Lipinski definition) is 1. The summed E-state index contributed by atoms with van der Waals surface area (Å²) in [5, 5.41) is 0.587. The van der Waals surface area contributed by atoms with Crippen LogP contribution in [0.3, 0.4) is 0 Å². The van der Waals surface area contributed by atoms with Crippen molar-refractivity contribution in [1.82, 2.24) is 9.88 Å². The summed E-state index contributed by atoms with van der Waals surface area (Å²) >= 11 is 1.50. The molecule has 2 heterocycles. The molecular weight excluding hydrogens is 298 g/mol.